The van der Waals surface area contributed by atoms with Crippen LogP contribution in [0.15, 0.2) is 12.1 Å². The standard InChI is InChI=1S/C12H16N4O/c1-7-5-6-8-9(13-7)15-16-10(8)14-11(17)12(2,3)4/h5-6H,1-4H3,(H2,13,14,15,16,17). The fourth-order valence-electron chi connectivity index (χ4n) is 1.39. The van der Waals surface area contributed by atoms with Gasteiger partial charge in [-0.2, -0.15) is 5.10 Å². The summed E-state index contributed by atoms with van der Waals surface area (Å²) >= 11 is 0. The van der Waals surface area contributed by atoms with Crippen LogP contribution in [-0.2, 0) is 4.79 Å². The molecule has 5 heteroatoms. The SMILES string of the molecule is Cc1ccc2c(NC(=O)C(C)(C)C)n[nH]c2n1. The van der Waals surface area contributed by atoms with Crippen LogP contribution in [-0.4, -0.2) is 21.1 Å². The minimum Gasteiger partial charge on any atom is -0.308 e. The Balaban J connectivity index is 2.35. The van der Waals surface area contributed by atoms with Crippen LogP contribution in [0.25, 0.3) is 11.0 Å². The number of nitrogens with one attached hydrogen (secondary N) is 2. The third kappa shape index (κ3) is 2.27. The minimum atomic E-state index is -0.441. The highest BCUT2D eigenvalue weighted by molar-refractivity contribution is 6.00. The molecule has 0 spiro atoms. The Labute approximate surface area is 99.6 Å². The lowest BCUT2D eigenvalue weighted by Gasteiger charge is -2.16. The van der Waals surface area contributed by atoms with Crippen molar-refractivity contribution in [3.63, 3.8) is 0 Å². The average Bonchev–Trinajstić information content (AvgIpc) is 2.59. The number of hydrogen-bond donors (Lipinski definition) is 2. The Morgan fingerprint density at radius 3 is 2.71 bits per heavy atom. The van der Waals surface area contributed by atoms with E-state index in [0.717, 1.165) is 11.1 Å². The Morgan fingerprint density at radius 2 is 2.06 bits per heavy atom. The third-order valence-corrected chi connectivity index (χ3v) is 2.48. The van der Waals surface area contributed by atoms with Crippen molar-refractivity contribution in [2.45, 2.75) is 27.7 Å². The van der Waals surface area contributed by atoms with Crippen molar-refractivity contribution in [1.29, 1.82) is 0 Å². The molecule has 2 N–H and O–H groups in total. The van der Waals surface area contributed by atoms with Gasteiger partial charge in [-0.25, -0.2) is 4.98 Å². The molecule has 0 aliphatic carbocycles. The van der Waals surface area contributed by atoms with Crippen molar-refractivity contribution < 1.29 is 4.79 Å². The van der Waals surface area contributed by atoms with Crippen molar-refractivity contribution in [2.24, 2.45) is 5.41 Å². The van der Waals surface area contributed by atoms with Gasteiger partial charge < -0.3 is 5.32 Å². The van der Waals surface area contributed by atoms with Crippen LogP contribution >= 0.6 is 0 Å². The molecule has 17 heavy (non-hydrogen) atoms. The average molecular weight is 232 g/mol. The fraction of sp³-hybridized carbons (Fsp3) is 0.417. The molecule has 0 bridgehead atoms. The summed E-state index contributed by atoms with van der Waals surface area (Å²) in [6, 6.07) is 3.80. The van der Waals surface area contributed by atoms with E-state index in [1.807, 2.05) is 39.8 Å². The zero-order chi connectivity index (χ0) is 12.6. The second kappa shape index (κ2) is 3.84. The second-order valence-corrected chi connectivity index (χ2v) is 5.13. The van der Waals surface area contributed by atoms with Gasteiger partial charge in [0, 0.05) is 11.1 Å². The molecule has 0 aliphatic heterocycles. The Kier molecular flexibility index (Phi) is 2.61. The maximum atomic E-state index is 11.9. The lowest BCUT2D eigenvalue weighted by atomic mass is 9.96. The van der Waals surface area contributed by atoms with Crippen LogP contribution in [0.5, 0.6) is 0 Å². The van der Waals surface area contributed by atoms with E-state index >= 15 is 0 Å². The molecule has 2 aromatic rings. The predicted octanol–water partition coefficient (Wildman–Crippen LogP) is 2.25. The smallest absolute Gasteiger partial charge is 0.230 e. The minimum absolute atomic E-state index is 0.0634. The van der Waals surface area contributed by atoms with Gasteiger partial charge in [-0.05, 0) is 19.1 Å². The second-order valence-electron chi connectivity index (χ2n) is 5.13. The van der Waals surface area contributed by atoms with Crippen LogP contribution < -0.4 is 5.32 Å². The summed E-state index contributed by atoms with van der Waals surface area (Å²) in [6.07, 6.45) is 0. The van der Waals surface area contributed by atoms with E-state index in [9.17, 15) is 4.79 Å². The highest BCUT2D eigenvalue weighted by Crippen LogP contribution is 2.22. The zero-order valence-electron chi connectivity index (χ0n) is 10.5. The van der Waals surface area contributed by atoms with E-state index in [-0.39, 0.29) is 5.91 Å². The molecule has 0 fully saturated rings. The molecule has 0 saturated carbocycles. The maximum absolute atomic E-state index is 11.9. The molecule has 0 unspecified atom stereocenters. The first-order valence-corrected chi connectivity index (χ1v) is 5.51. The highest BCUT2D eigenvalue weighted by atomic mass is 16.2. The number of amides is 1. The normalized spacial score (nSPS) is 11.8. The largest absolute Gasteiger partial charge is 0.308 e. The van der Waals surface area contributed by atoms with Gasteiger partial charge in [0.2, 0.25) is 5.91 Å². The summed E-state index contributed by atoms with van der Waals surface area (Å²) in [5.74, 6) is 0.471. The van der Waals surface area contributed by atoms with Crippen molar-refractivity contribution in [3.8, 4) is 0 Å². The number of H-pyrrole nitrogens is 1. The summed E-state index contributed by atoms with van der Waals surface area (Å²) in [7, 11) is 0. The number of anilines is 1. The molecule has 2 rings (SSSR count). The number of aryl methyl sites for hydroxylation is 1. The van der Waals surface area contributed by atoms with Crippen LogP contribution in [0.2, 0.25) is 0 Å². The van der Waals surface area contributed by atoms with E-state index in [4.69, 9.17) is 0 Å². The number of hydrogen-bond acceptors (Lipinski definition) is 3. The summed E-state index contributed by atoms with van der Waals surface area (Å²) < 4.78 is 0. The summed E-state index contributed by atoms with van der Waals surface area (Å²) in [4.78, 5) is 16.2. The summed E-state index contributed by atoms with van der Waals surface area (Å²) in [5.41, 5.74) is 1.16. The first-order chi connectivity index (χ1) is 7.88. The topological polar surface area (TPSA) is 70.7 Å². The highest BCUT2D eigenvalue weighted by Gasteiger charge is 2.22. The number of carbonyl (C=O) groups is 1. The molecule has 0 aliphatic rings. The number of pyridine rings is 1. The molecule has 2 heterocycles. The Bertz CT molecular complexity index is 565. The van der Waals surface area contributed by atoms with Gasteiger partial charge in [-0.15, -0.1) is 0 Å². The number of aromatic amines is 1. The molecular weight excluding hydrogens is 216 g/mol. The lowest BCUT2D eigenvalue weighted by molar-refractivity contribution is -0.123. The van der Waals surface area contributed by atoms with Gasteiger partial charge >= 0.3 is 0 Å². The molecule has 0 radical (unpaired) electrons. The molecule has 2 aromatic heterocycles. The number of carbonyl (C=O) groups excluding carboxylic acids is 1. The van der Waals surface area contributed by atoms with Crippen LogP contribution in [0.4, 0.5) is 5.82 Å². The monoisotopic (exact) mass is 232 g/mol. The van der Waals surface area contributed by atoms with Crippen molar-refractivity contribution in [1.82, 2.24) is 15.2 Å². The zero-order valence-corrected chi connectivity index (χ0v) is 10.5. The van der Waals surface area contributed by atoms with Crippen LogP contribution in [0, 0.1) is 12.3 Å². The van der Waals surface area contributed by atoms with Crippen LogP contribution in [0.1, 0.15) is 26.5 Å². The number of rotatable bonds is 1. The van der Waals surface area contributed by atoms with Gasteiger partial charge in [0.05, 0.1) is 5.39 Å². The molecule has 1 amide bonds. The van der Waals surface area contributed by atoms with E-state index in [0.29, 0.717) is 11.5 Å². The molecule has 90 valence electrons. The molecule has 0 aromatic carbocycles. The third-order valence-electron chi connectivity index (χ3n) is 2.48. The Hall–Kier alpha value is -1.91. The van der Waals surface area contributed by atoms with Gasteiger partial charge in [0.1, 0.15) is 0 Å². The molecule has 0 atom stereocenters. The number of aromatic nitrogens is 3. The van der Waals surface area contributed by atoms with E-state index in [2.05, 4.69) is 20.5 Å². The first kappa shape index (κ1) is 11.6. The Morgan fingerprint density at radius 1 is 1.35 bits per heavy atom. The van der Waals surface area contributed by atoms with Gasteiger partial charge in [0.25, 0.3) is 0 Å². The van der Waals surface area contributed by atoms with Gasteiger partial charge in [-0.3, -0.25) is 9.89 Å². The molecule has 5 nitrogen and oxygen atoms in total. The number of fused-ring (bicyclic) bond motifs is 1. The number of nitrogens with zero attached hydrogens (tertiary/aromatic N) is 2. The van der Waals surface area contributed by atoms with E-state index in [1.165, 1.54) is 0 Å². The molecular formula is C12H16N4O. The van der Waals surface area contributed by atoms with Gasteiger partial charge in [-0.1, -0.05) is 20.8 Å². The lowest BCUT2D eigenvalue weighted by Crippen LogP contribution is -2.27. The van der Waals surface area contributed by atoms with Crippen molar-refractivity contribution >= 4 is 22.8 Å². The summed E-state index contributed by atoms with van der Waals surface area (Å²) in [6.45, 7) is 7.49. The van der Waals surface area contributed by atoms with Crippen molar-refractivity contribution in [2.75, 3.05) is 5.32 Å². The molecule has 0 saturated heterocycles. The fourth-order valence-corrected chi connectivity index (χ4v) is 1.39. The first-order valence-electron chi connectivity index (χ1n) is 5.51. The quantitative estimate of drug-likeness (QED) is 0.792. The van der Waals surface area contributed by atoms with Gasteiger partial charge in [0.15, 0.2) is 11.5 Å². The predicted molar refractivity (Wildman–Crippen MR) is 66.7 cm³/mol. The maximum Gasteiger partial charge on any atom is 0.230 e. The van der Waals surface area contributed by atoms with Crippen molar-refractivity contribution in [3.05, 3.63) is 17.8 Å². The summed E-state index contributed by atoms with van der Waals surface area (Å²) in [5, 5.41) is 10.5. The van der Waals surface area contributed by atoms with Crippen LogP contribution in [0.3, 0.4) is 0 Å². The van der Waals surface area contributed by atoms with E-state index < -0.39 is 5.41 Å². The van der Waals surface area contributed by atoms with E-state index in [1.54, 1.807) is 0 Å².